The van der Waals surface area contributed by atoms with Gasteiger partial charge in [0, 0.05) is 7.05 Å². The summed E-state index contributed by atoms with van der Waals surface area (Å²) in [6.45, 7) is 4.17. The van der Waals surface area contributed by atoms with Crippen LogP contribution in [0.3, 0.4) is 0 Å². The molecule has 0 unspecified atom stereocenters. The van der Waals surface area contributed by atoms with Crippen LogP contribution in [0.5, 0.6) is 5.75 Å². The Morgan fingerprint density at radius 1 is 1.38 bits per heavy atom. The number of hydrazine groups is 1. The van der Waals surface area contributed by atoms with E-state index in [1.165, 1.54) is 0 Å². The van der Waals surface area contributed by atoms with E-state index in [2.05, 4.69) is 24.7 Å². The fraction of sp³-hybridized carbons (Fsp3) is 0.417. The van der Waals surface area contributed by atoms with Crippen LogP contribution in [0, 0.1) is 0 Å². The Morgan fingerprint density at radius 3 is 2.56 bits per heavy atom. The fourth-order valence-corrected chi connectivity index (χ4v) is 1.44. The first-order valence-electron chi connectivity index (χ1n) is 5.25. The molecule has 2 N–H and O–H groups in total. The number of benzene rings is 1. The van der Waals surface area contributed by atoms with Crippen molar-refractivity contribution in [2.75, 3.05) is 14.2 Å². The largest absolute Gasteiger partial charge is 0.496 e. The van der Waals surface area contributed by atoms with Crippen LogP contribution in [0.4, 0.5) is 0 Å². The molecular formula is C12H18N2O2. The minimum atomic E-state index is -0.193. The monoisotopic (exact) mass is 222 g/mol. The summed E-state index contributed by atoms with van der Waals surface area (Å²) in [5, 5.41) is 0. The quantitative estimate of drug-likeness (QED) is 0.762. The van der Waals surface area contributed by atoms with Gasteiger partial charge in [0.15, 0.2) is 0 Å². The predicted molar refractivity (Wildman–Crippen MR) is 63.6 cm³/mol. The highest BCUT2D eigenvalue weighted by Gasteiger charge is 2.13. The van der Waals surface area contributed by atoms with Crippen LogP contribution in [0.15, 0.2) is 18.2 Å². The summed E-state index contributed by atoms with van der Waals surface area (Å²) >= 11 is 0. The Hall–Kier alpha value is -1.55. The molecule has 0 spiro atoms. The number of ether oxygens (including phenoxy) is 1. The third-order valence-corrected chi connectivity index (χ3v) is 2.37. The van der Waals surface area contributed by atoms with Crippen molar-refractivity contribution in [2.45, 2.75) is 19.8 Å². The standard InChI is InChI=1S/C12H18N2O2/c1-8(2)9-5-6-11(16-4)10(7-9)12(15)14-13-3/h5-8,13H,1-4H3,(H,14,15). The Labute approximate surface area is 96.0 Å². The summed E-state index contributed by atoms with van der Waals surface area (Å²) in [6.07, 6.45) is 0. The second-order valence-electron chi connectivity index (χ2n) is 3.82. The number of hydrogen-bond donors (Lipinski definition) is 2. The molecule has 1 aromatic rings. The van der Waals surface area contributed by atoms with E-state index >= 15 is 0 Å². The molecule has 16 heavy (non-hydrogen) atoms. The molecule has 0 aliphatic heterocycles. The molecule has 0 saturated carbocycles. The first kappa shape index (κ1) is 12.5. The molecule has 0 aromatic heterocycles. The smallest absolute Gasteiger partial charge is 0.269 e. The van der Waals surface area contributed by atoms with E-state index in [1.54, 1.807) is 14.2 Å². The minimum absolute atomic E-state index is 0.193. The van der Waals surface area contributed by atoms with Crippen molar-refractivity contribution < 1.29 is 9.53 Å². The van der Waals surface area contributed by atoms with Crippen LogP contribution in [-0.2, 0) is 0 Å². The van der Waals surface area contributed by atoms with Gasteiger partial charge in [-0.25, -0.2) is 5.43 Å². The molecule has 4 heteroatoms. The number of rotatable bonds is 4. The van der Waals surface area contributed by atoms with Crippen LogP contribution < -0.4 is 15.6 Å². The van der Waals surface area contributed by atoms with E-state index in [1.807, 2.05) is 18.2 Å². The number of amides is 1. The van der Waals surface area contributed by atoms with Gasteiger partial charge in [0.2, 0.25) is 0 Å². The lowest BCUT2D eigenvalue weighted by Crippen LogP contribution is -2.34. The maximum Gasteiger partial charge on any atom is 0.269 e. The number of carbonyl (C=O) groups is 1. The molecule has 0 heterocycles. The molecule has 0 aliphatic rings. The Balaban J connectivity index is 3.11. The van der Waals surface area contributed by atoms with Gasteiger partial charge in [-0.2, -0.15) is 0 Å². The number of methoxy groups -OCH3 is 1. The molecule has 0 atom stereocenters. The summed E-state index contributed by atoms with van der Waals surface area (Å²) in [5.74, 6) is 0.769. The fourth-order valence-electron chi connectivity index (χ4n) is 1.44. The molecule has 1 aromatic carbocycles. The van der Waals surface area contributed by atoms with Gasteiger partial charge >= 0.3 is 0 Å². The van der Waals surface area contributed by atoms with Crippen molar-refractivity contribution in [3.63, 3.8) is 0 Å². The van der Waals surface area contributed by atoms with Crippen LogP contribution >= 0.6 is 0 Å². The summed E-state index contributed by atoms with van der Waals surface area (Å²) in [6, 6.07) is 5.65. The van der Waals surface area contributed by atoms with Gasteiger partial charge in [-0.05, 0) is 23.6 Å². The topological polar surface area (TPSA) is 50.4 Å². The molecular weight excluding hydrogens is 204 g/mol. The zero-order valence-electron chi connectivity index (χ0n) is 10.1. The first-order valence-corrected chi connectivity index (χ1v) is 5.25. The van der Waals surface area contributed by atoms with E-state index in [4.69, 9.17) is 4.74 Å². The van der Waals surface area contributed by atoms with Crippen molar-refractivity contribution in [2.24, 2.45) is 0 Å². The lowest BCUT2D eigenvalue weighted by atomic mass is 10.00. The van der Waals surface area contributed by atoms with Crippen LogP contribution in [0.1, 0.15) is 35.7 Å². The van der Waals surface area contributed by atoms with Crippen molar-refractivity contribution in [3.8, 4) is 5.75 Å². The van der Waals surface area contributed by atoms with Gasteiger partial charge < -0.3 is 4.74 Å². The van der Waals surface area contributed by atoms with Gasteiger partial charge in [-0.1, -0.05) is 19.9 Å². The van der Waals surface area contributed by atoms with Gasteiger partial charge in [-0.3, -0.25) is 10.2 Å². The Bertz CT molecular complexity index is 375. The Morgan fingerprint density at radius 2 is 2.06 bits per heavy atom. The SMILES string of the molecule is CNNC(=O)c1cc(C(C)C)ccc1OC. The van der Waals surface area contributed by atoms with E-state index in [9.17, 15) is 4.79 Å². The summed E-state index contributed by atoms with van der Waals surface area (Å²) in [7, 11) is 3.21. The molecule has 0 saturated heterocycles. The van der Waals surface area contributed by atoms with E-state index in [-0.39, 0.29) is 5.91 Å². The van der Waals surface area contributed by atoms with Crippen LogP contribution in [-0.4, -0.2) is 20.1 Å². The van der Waals surface area contributed by atoms with Crippen molar-refractivity contribution in [3.05, 3.63) is 29.3 Å². The molecule has 0 aliphatic carbocycles. The number of carbonyl (C=O) groups excluding carboxylic acids is 1. The molecule has 88 valence electrons. The highest BCUT2D eigenvalue weighted by molar-refractivity contribution is 5.96. The minimum Gasteiger partial charge on any atom is -0.496 e. The maximum absolute atomic E-state index is 11.7. The average molecular weight is 222 g/mol. The highest BCUT2D eigenvalue weighted by Crippen LogP contribution is 2.23. The third-order valence-electron chi connectivity index (χ3n) is 2.37. The molecule has 0 fully saturated rings. The lowest BCUT2D eigenvalue weighted by Gasteiger charge is -2.12. The molecule has 1 amide bonds. The molecule has 0 bridgehead atoms. The highest BCUT2D eigenvalue weighted by atomic mass is 16.5. The summed E-state index contributed by atoms with van der Waals surface area (Å²) < 4.78 is 5.16. The van der Waals surface area contributed by atoms with Gasteiger partial charge in [0.1, 0.15) is 5.75 Å². The number of hydrogen-bond acceptors (Lipinski definition) is 3. The summed E-state index contributed by atoms with van der Waals surface area (Å²) in [4.78, 5) is 11.7. The third kappa shape index (κ3) is 2.73. The second-order valence-corrected chi connectivity index (χ2v) is 3.82. The van der Waals surface area contributed by atoms with E-state index < -0.39 is 0 Å². The zero-order chi connectivity index (χ0) is 12.1. The van der Waals surface area contributed by atoms with Crippen molar-refractivity contribution in [1.29, 1.82) is 0 Å². The van der Waals surface area contributed by atoms with Crippen LogP contribution in [0.25, 0.3) is 0 Å². The van der Waals surface area contributed by atoms with E-state index in [0.29, 0.717) is 17.2 Å². The first-order chi connectivity index (χ1) is 7.60. The van der Waals surface area contributed by atoms with E-state index in [0.717, 1.165) is 5.56 Å². The Kier molecular flexibility index (Phi) is 4.31. The second kappa shape index (κ2) is 5.51. The summed E-state index contributed by atoms with van der Waals surface area (Å²) in [5.41, 5.74) is 6.80. The van der Waals surface area contributed by atoms with Gasteiger partial charge in [-0.15, -0.1) is 0 Å². The lowest BCUT2D eigenvalue weighted by molar-refractivity contribution is 0.0935. The van der Waals surface area contributed by atoms with Crippen molar-refractivity contribution >= 4 is 5.91 Å². The van der Waals surface area contributed by atoms with Crippen LogP contribution in [0.2, 0.25) is 0 Å². The van der Waals surface area contributed by atoms with Gasteiger partial charge in [0.25, 0.3) is 5.91 Å². The molecule has 0 radical (unpaired) electrons. The normalized spacial score (nSPS) is 10.3. The maximum atomic E-state index is 11.7. The average Bonchev–Trinajstić information content (AvgIpc) is 2.28. The van der Waals surface area contributed by atoms with Crippen molar-refractivity contribution in [1.82, 2.24) is 10.9 Å². The zero-order valence-corrected chi connectivity index (χ0v) is 10.1. The molecule has 1 rings (SSSR count). The number of nitrogens with one attached hydrogen (secondary N) is 2. The van der Waals surface area contributed by atoms with Gasteiger partial charge in [0.05, 0.1) is 12.7 Å². The predicted octanol–water partition coefficient (Wildman–Crippen LogP) is 1.68. The molecule has 4 nitrogen and oxygen atoms in total.